The van der Waals surface area contributed by atoms with Crippen LogP contribution in [0.3, 0.4) is 0 Å². The third-order valence-corrected chi connectivity index (χ3v) is 7.92. The van der Waals surface area contributed by atoms with Crippen LogP contribution in [0.15, 0.2) is 65.6 Å². The van der Waals surface area contributed by atoms with E-state index in [-0.39, 0.29) is 24.3 Å². The number of hydrogen-bond acceptors (Lipinski definition) is 4. The fraction of sp³-hybridized carbons (Fsp3) is 0.208. The van der Waals surface area contributed by atoms with E-state index in [0.29, 0.717) is 21.5 Å². The molecule has 1 heterocycles. The maximum Gasteiger partial charge on any atom is 0.303 e. The first-order valence-corrected chi connectivity index (χ1v) is 12.4. The van der Waals surface area contributed by atoms with E-state index in [4.69, 9.17) is 33.0 Å². The molecule has 9 heteroatoms. The number of fused-ring (bicyclic) bond motifs is 1. The number of anilines is 1. The fourth-order valence-corrected chi connectivity index (χ4v) is 5.63. The van der Waals surface area contributed by atoms with Crippen LogP contribution >= 0.6 is 23.2 Å². The highest BCUT2D eigenvalue weighted by molar-refractivity contribution is 7.92. The molecular formula is C24H21Cl2NO5S. The highest BCUT2D eigenvalue weighted by Gasteiger charge is 2.35. The van der Waals surface area contributed by atoms with E-state index in [2.05, 4.69) is 0 Å². The standard InChI is InChI=1S/C24H21Cl2NO5S/c1-15-3-2-4-19(11-15)33(30,31)27-14-18(7-10-24(28)29)32-23-9-6-17(13-22(23)27)16-5-8-20(25)21(26)12-16/h2-6,8-9,11-13,18H,7,10,14H2,1H3,(H,28,29)/t18-/m0/s1. The number of aryl methyl sites for hydroxylation is 1. The summed E-state index contributed by atoms with van der Waals surface area (Å²) >= 11 is 12.2. The van der Waals surface area contributed by atoms with Crippen LogP contribution in [0.25, 0.3) is 11.1 Å². The molecule has 33 heavy (non-hydrogen) atoms. The summed E-state index contributed by atoms with van der Waals surface area (Å²) in [5.74, 6) is -0.593. The maximum atomic E-state index is 13.6. The van der Waals surface area contributed by atoms with Crippen molar-refractivity contribution in [3.8, 4) is 16.9 Å². The van der Waals surface area contributed by atoms with Gasteiger partial charge < -0.3 is 9.84 Å². The Morgan fingerprint density at radius 3 is 2.48 bits per heavy atom. The first kappa shape index (κ1) is 23.4. The van der Waals surface area contributed by atoms with Crippen LogP contribution in [0.4, 0.5) is 5.69 Å². The number of sulfonamides is 1. The van der Waals surface area contributed by atoms with Gasteiger partial charge in [-0.15, -0.1) is 0 Å². The molecule has 0 saturated carbocycles. The zero-order valence-electron chi connectivity index (χ0n) is 17.7. The van der Waals surface area contributed by atoms with Gasteiger partial charge in [-0.25, -0.2) is 8.42 Å². The van der Waals surface area contributed by atoms with Crippen LogP contribution in [0.5, 0.6) is 5.75 Å². The monoisotopic (exact) mass is 505 g/mol. The number of carboxylic acid groups (broad SMARTS) is 1. The minimum absolute atomic E-state index is 0.00137. The molecule has 0 amide bonds. The number of hydrogen-bond donors (Lipinski definition) is 1. The second-order valence-corrected chi connectivity index (χ2v) is 10.5. The van der Waals surface area contributed by atoms with Gasteiger partial charge in [0.2, 0.25) is 0 Å². The zero-order valence-corrected chi connectivity index (χ0v) is 20.0. The Morgan fingerprint density at radius 2 is 1.79 bits per heavy atom. The van der Waals surface area contributed by atoms with Gasteiger partial charge in [0.15, 0.2) is 0 Å². The Labute approximate surface area is 202 Å². The molecule has 0 fully saturated rings. The number of halogens is 2. The first-order chi connectivity index (χ1) is 15.6. The fourth-order valence-electron chi connectivity index (χ4n) is 3.73. The molecule has 1 aliphatic rings. The van der Waals surface area contributed by atoms with E-state index >= 15 is 0 Å². The lowest BCUT2D eigenvalue weighted by atomic mass is 10.0. The van der Waals surface area contributed by atoms with Gasteiger partial charge in [-0.1, -0.05) is 47.5 Å². The van der Waals surface area contributed by atoms with Crippen LogP contribution in [-0.2, 0) is 14.8 Å². The van der Waals surface area contributed by atoms with Crippen molar-refractivity contribution in [2.75, 3.05) is 10.8 Å². The lowest BCUT2D eigenvalue weighted by molar-refractivity contribution is -0.137. The molecule has 0 unspecified atom stereocenters. The Balaban J connectivity index is 1.80. The molecule has 172 valence electrons. The number of carboxylic acids is 1. The number of ether oxygens (including phenoxy) is 1. The molecule has 6 nitrogen and oxygen atoms in total. The van der Waals surface area contributed by atoms with Crippen LogP contribution in [0.1, 0.15) is 18.4 Å². The van der Waals surface area contributed by atoms with E-state index in [1.807, 2.05) is 13.0 Å². The third-order valence-electron chi connectivity index (χ3n) is 5.40. The summed E-state index contributed by atoms with van der Waals surface area (Å²) in [5, 5.41) is 9.88. The Morgan fingerprint density at radius 1 is 1.06 bits per heavy atom. The van der Waals surface area contributed by atoms with Crippen molar-refractivity contribution in [2.45, 2.75) is 30.8 Å². The Bertz CT molecular complexity index is 1330. The average molecular weight is 506 g/mol. The van der Waals surface area contributed by atoms with Gasteiger partial charge in [0.05, 0.1) is 27.2 Å². The largest absolute Gasteiger partial charge is 0.486 e. The second kappa shape index (κ2) is 9.25. The number of benzene rings is 3. The molecule has 0 aromatic heterocycles. The maximum absolute atomic E-state index is 13.6. The molecule has 3 aromatic carbocycles. The minimum atomic E-state index is -3.92. The summed E-state index contributed by atoms with van der Waals surface area (Å²) in [5.41, 5.74) is 2.71. The van der Waals surface area contributed by atoms with E-state index < -0.39 is 22.1 Å². The van der Waals surface area contributed by atoms with Gasteiger partial charge in [0, 0.05) is 6.42 Å². The van der Waals surface area contributed by atoms with Crippen molar-refractivity contribution in [3.63, 3.8) is 0 Å². The number of aliphatic carboxylic acids is 1. The van der Waals surface area contributed by atoms with Gasteiger partial charge in [0.25, 0.3) is 10.0 Å². The molecular weight excluding hydrogens is 485 g/mol. The molecule has 0 spiro atoms. The van der Waals surface area contributed by atoms with Crippen molar-refractivity contribution in [2.24, 2.45) is 0 Å². The number of rotatable bonds is 6. The van der Waals surface area contributed by atoms with Crippen LogP contribution in [0, 0.1) is 6.92 Å². The topological polar surface area (TPSA) is 83.9 Å². The summed E-state index contributed by atoms with van der Waals surface area (Å²) < 4.78 is 34.6. The van der Waals surface area contributed by atoms with Gasteiger partial charge in [0.1, 0.15) is 11.9 Å². The first-order valence-electron chi connectivity index (χ1n) is 10.2. The van der Waals surface area contributed by atoms with Gasteiger partial charge in [-0.3, -0.25) is 9.10 Å². The Hall–Kier alpha value is -2.74. The van der Waals surface area contributed by atoms with Crippen LogP contribution in [-0.4, -0.2) is 32.1 Å². The summed E-state index contributed by atoms with van der Waals surface area (Å²) in [6.45, 7) is 1.83. The van der Waals surface area contributed by atoms with Gasteiger partial charge >= 0.3 is 5.97 Å². The summed E-state index contributed by atoms with van der Waals surface area (Å²) in [4.78, 5) is 11.2. The SMILES string of the molecule is Cc1cccc(S(=O)(=O)N2C[C@H](CCC(=O)O)Oc3ccc(-c4ccc(Cl)c(Cl)c4)cc32)c1. The molecule has 0 bridgehead atoms. The molecule has 0 aliphatic carbocycles. The number of carbonyl (C=O) groups is 1. The highest BCUT2D eigenvalue weighted by atomic mass is 35.5. The van der Waals surface area contributed by atoms with Crippen LogP contribution < -0.4 is 9.04 Å². The smallest absolute Gasteiger partial charge is 0.303 e. The highest BCUT2D eigenvalue weighted by Crippen LogP contribution is 2.41. The van der Waals surface area contributed by atoms with E-state index in [1.165, 1.54) is 4.31 Å². The molecule has 0 radical (unpaired) electrons. The van der Waals surface area contributed by atoms with E-state index in [1.54, 1.807) is 54.6 Å². The molecule has 3 aromatic rings. The number of nitrogens with zero attached hydrogens (tertiary/aromatic N) is 1. The summed E-state index contributed by atoms with van der Waals surface area (Å²) in [6.07, 6.45) is -0.535. The van der Waals surface area contributed by atoms with Gasteiger partial charge in [-0.05, 0) is 66.4 Å². The molecule has 0 saturated heterocycles. The van der Waals surface area contributed by atoms with Crippen LogP contribution in [0.2, 0.25) is 10.0 Å². The van der Waals surface area contributed by atoms with E-state index in [9.17, 15) is 13.2 Å². The van der Waals surface area contributed by atoms with Crippen molar-refractivity contribution < 1.29 is 23.1 Å². The van der Waals surface area contributed by atoms with Crippen molar-refractivity contribution >= 4 is 44.9 Å². The van der Waals surface area contributed by atoms with Crippen molar-refractivity contribution in [3.05, 3.63) is 76.3 Å². The zero-order chi connectivity index (χ0) is 23.8. The summed E-state index contributed by atoms with van der Waals surface area (Å²) in [7, 11) is -3.92. The second-order valence-electron chi connectivity index (χ2n) is 7.84. The molecule has 1 aliphatic heterocycles. The minimum Gasteiger partial charge on any atom is -0.486 e. The normalized spacial score (nSPS) is 15.6. The third kappa shape index (κ3) is 4.95. The lowest BCUT2D eigenvalue weighted by Gasteiger charge is -2.35. The predicted molar refractivity (Wildman–Crippen MR) is 129 cm³/mol. The predicted octanol–water partition coefficient (Wildman–Crippen LogP) is 5.79. The molecule has 1 atom stereocenters. The molecule has 1 N–H and O–H groups in total. The Kier molecular flexibility index (Phi) is 6.56. The van der Waals surface area contributed by atoms with Crippen molar-refractivity contribution in [1.82, 2.24) is 0 Å². The summed E-state index contributed by atoms with van der Waals surface area (Å²) in [6, 6.07) is 17.1. The quantitative estimate of drug-likeness (QED) is 0.458. The lowest BCUT2D eigenvalue weighted by Crippen LogP contribution is -2.43. The average Bonchev–Trinajstić information content (AvgIpc) is 2.78. The van der Waals surface area contributed by atoms with Crippen molar-refractivity contribution in [1.29, 1.82) is 0 Å². The van der Waals surface area contributed by atoms with E-state index in [0.717, 1.165) is 16.7 Å². The van der Waals surface area contributed by atoms with Gasteiger partial charge in [-0.2, -0.15) is 0 Å². The molecule has 4 rings (SSSR count).